The number of ketones is 1. The van der Waals surface area contributed by atoms with Gasteiger partial charge in [0.2, 0.25) is 5.78 Å². The zero-order valence-electron chi connectivity index (χ0n) is 12.8. The monoisotopic (exact) mass is 308 g/mol. The van der Waals surface area contributed by atoms with Gasteiger partial charge in [0.15, 0.2) is 0 Å². The maximum Gasteiger partial charge on any atom is 0.200 e. The molecule has 0 fully saturated rings. The van der Waals surface area contributed by atoms with Crippen molar-refractivity contribution in [1.29, 1.82) is 0 Å². The van der Waals surface area contributed by atoms with Crippen molar-refractivity contribution in [2.45, 2.75) is 6.92 Å². The van der Waals surface area contributed by atoms with E-state index in [4.69, 9.17) is 4.74 Å². The molecule has 4 nitrogen and oxygen atoms in total. The minimum absolute atomic E-state index is 0.00310. The number of fused-ring (bicyclic) bond motifs is 1. The summed E-state index contributed by atoms with van der Waals surface area (Å²) >= 11 is 0. The molecule has 0 bridgehead atoms. The van der Waals surface area contributed by atoms with E-state index in [1.165, 1.54) is 7.11 Å². The lowest BCUT2D eigenvalue weighted by Crippen LogP contribution is -2.07. The molecule has 0 aromatic heterocycles. The van der Waals surface area contributed by atoms with Crippen molar-refractivity contribution in [3.63, 3.8) is 0 Å². The molecule has 3 aromatic rings. The number of phenolic OH excluding ortho intramolecular Hbond substituents is 2. The van der Waals surface area contributed by atoms with Crippen LogP contribution in [0.5, 0.6) is 17.2 Å². The number of benzene rings is 3. The van der Waals surface area contributed by atoms with Gasteiger partial charge in [-0.05, 0) is 19.1 Å². The number of para-hydroxylation sites is 1. The van der Waals surface area contributed by atoms with Crippen LogP contribution in [0.3, 0.4) is 0 Å². The van der Waals surface area contributed by atoms with Crippen LogP contribution in [0.2, 0.25) is 0 Å². The van der Waals surface area contributed by atoms with Gasteiger partial charge in [-0.3, -0.25) is 4.79 Å². The van der Waals surface area contributed by atoms with Gasteiger partial charge in [0.1, 0.15) is 17.2 Å². The average Bonchev–Trinajstić information content (AvgIpc) is 2.59. The molecule has 0 heterocycles. The van der Waals surface area contributed by atoms with E-state index in [-0.39, 0.29) is 17.1 Å². The minimum atomic E-state index is -0.390. The number of hydrogen-bond acceptors (Lipinski definition) is 4. The van der Waals surface area contributed by atoms with Crippen molar-refractivity contribution in [1.82, 2.24) is 0 Å². The summed E-state index contributed by atoms with van der Waals surface area (Å²) in [7, 11) is 1.48. The highest BCUT2D eigenvalue weighted by Crippen LogP contribution is 2.40. The van der Waals surface area contributed by atoms with Crippen LogP contribution in [0.1, 0.15) is 21.5 Å². The topological polar surface area (TPSA) is 66.8 Å². The van der Waals surface area contributed by atoms with Crippen molar-refractivity contribution < 1.29 is 19.7 Å². The van der Waals surface area contributed by atoms with Crippen LogP contribution < -0.4 is 4.74 Å². The van der Waals surface area contributed by atoms with Gasteiger partial charge in [-0.1, -0.05) is 36.4 Å². The zero-order chi connectivity index (χ0) is 16.6. The third kappa shape index (κ3) is 2.28. The third-order valence-corrected chi connectivity index (χ3v) is 3.98. The highest BCUT2D eigenvalue weighted by atomic mass is 16.5. The smallest absolute Gasteiger partial charge is 0.200 e. The first kappa shape index (κ1) is 14.9. The summed E-state index contributed by atoms with van der Waals surface area (Å²) in [6.45, 7) is 1.62. The molecule has 2 N–H and O–H groups in total. The quantitative estimate of drug-likeness (QED) is 0.570. The van der Waals surface area contributed by atoms with Gasteiger partial charge in [0, 0.05) is 16.3 Å². The summed E-state index contributed by atoms with van der Waals surface area (Å²) in [5, 5.41) is 21.9. The number of carbonyl (C=O) groups excluding carboxylic acids is 1. The Morgan fingerprint density at radius 1 is 0.913 bits per heavy atom. The van der Waals surface area contributed by atoms with Crippen molar-refractivity contribution in [2.75, 3.05) is 7.11 Å². The number of phenols is 2. The number of methoxy groups -OCH3 is 1. The maximum absolute atomic E-state index is 12.9. The molecular weight excluding hydrogens is 292 g/mol. The molecule has 0 aliphatic carbocycles. The summed E-state index contributed by atoms with van der Waals surface area (Å²) in [5.41, 5.74) is 0.769. The molecule has 0 atom stereocenters. The molecule has 3 rings (SSSR count). The van der Waals surface area contributed by atoms with Crippen LogP contribution in [-0.4, -0.2) is 23.1 Å². The van der Waals surface area contributed by atoms with E-state index in [2.05, 4.69) is 0 Å². The second-order valence-corrected chi connectivity index (χ2v) is 5.27. The fraction of sp³-hybridized carbons (Fsp3) is 0.105. The van der Waals surface area contributed by atoms with Crippen LogP contribution in [0.15, 0.2) is 48.5 Å². The van der Waals surface area contributed by atoms with Crippen LogP contribution in [0, 0.1) is 6.92 Å². The van der Waals surface area contributed by atoms with E-state index in [1.54, 1.807) is 55.5 Å². The van der Waals surface area contributed by atoms with Gasteiger partial charge in [0.05, 0.1) is 18.2 Å². The summed E-state index contributed by atoms with van der Waals surface area (Å²) in [5.74, 6) is -0.106. The van der Waals surface area contributed by atoms with Crippen LogP contribution in [0.4, 0.5) is 0 Å². The second-order valence-electron chi connectivity index (χ2n) is 5.27. The molecule has 0 aliphatic heterocycles. The molecule has 0 radical (unpaired) electrons. The van der Waals surface area contributed by atoms with Crippen LogP contribution in [0.25, 0.3) is 10.8 Å². The Bertz CT molecular complexity index is 913. The summed E-state index contributed by atoms with van der Waals surface area (Å²) in [6.07, 6.45) is 0. The largest absolute Gasteiger partial charge is 0.507 e. The van der Waals surface area contributed by atoms with Crippen molar-refractivity contribution in [3.05, 3.63) is 65.2 Å². The molecule has 0 spiro atoms. The van der Waals surface area contributed by atoms with Crippen molar-refractivity contribution in [3.8, 4) is 17.2 Å². The van der Waals surface area contributed by atoms with Gasteiger partial charge < -0.3 is 14.9 Å². The fourth-order valence-corrected chi connectivity index (χ4v) is 2.77. The molecule has 0 amide bonds. The van der Waals surface area contributed by atoms with E-state index in [0.717, 1.165) is 0 Å². The molecule has 116 valence electrons. The van der Waals surface area contributed by atoms with Crippen molar-refractivity contribution in [2.24, 2.45) is 0 Å². The van der Waals surface area contributed by atoms with Gasteiger partial charge in [0.25, 0.3) is 0 Å². The molecule has 23 heavy (non-hydrogen) atoms. The standard InChI is InChI=1S/C19H16O4/c1-11-16(19(22)14-9-5-6-10-15(14)23-2)18(21)13-8-4-3-7-12(13)17(11)20/h3-10,20-21H,1-2H3. The normalized spacial score (nSPS) is 10.7. The van der Waals surface area contributed by atoms with Crippen LogP contribution in [-0.2, 0) is 0 Å². The summed E-state index contributed by atoms with van der Waals surface area (Å²) in [4.78, 5) is 12.9. The first-order valence-electron chi connectivity index (χ1n) is 7.17. The van der Waals surface area contributed by atoms with Gasteiger partial charge >= 0.3 is 0 Å². The first-order valence-corrected chi connectivity index (χ1v) is 7.17. The molecule has 3 aromatic carbocycles. The predicted octanol–water partition coefficient (Wildman–Crippen LogP) is 3.80. The lowest BCUT2D eigenvalue weighted by molar-refractivity contribution is 0.103. The Morgan fingerprint density at radius 3 is 2.13 bits per heavy atom. The van der Waals surface area contributed by atoms with Crippen LogP contribution >= 0.6 is 0 Å². The highest BCUT2D eigenvalue weighted by molar-refractivity contribution is 6.17. The Balaban J connectivity index is 2.30. The zero-order valence-corrected chi connectivity index (χ0v) is 12.8. The Labute approximate surface area is 133 Å². The highest BCUT2D eigenvalue weighted by Gasteiger charge is 2.24. The molecule has 4 heteroatoms. The van der Waals surface area contributed by atoms with E-state index in [0.29, 0.717) is 27.6 Å². The van der Waals surface area contributed by atoms with Gasteiger partial charge in [-0.15, -0.1) is 0 Å². The Kier molecular flexibility index (Phi) is 3.66. The lowest BCUT2D eigenvalue weighted by atomic mass is 9.93. The number of rotatable bonds is 3. The Morgan fingerprint density at radius 2 is 1.48 bits per heavy atom. The first-order chi connectivity index (χ1) is 11.1. The number of carbonyl (C=O) groups is 1. The Hall–Kier alpha value is -3.01. The number of ether oxygens (including phenoxy) is 1. The van der Waals surface area contributed by atoms with E-state index >= 15 is 0 Å². The molecule has 0 saturated carbocycles. The summed E-state index contributed by atoms with van der Waals surface area (Å²) < 4.78 is 5.22. The minimum Gasteiger partial charge on any atom is -0.507 e. The van der Waals surface area contributed by atoms with E-state index in [9.17, 15) is 15.0 Å². The predicted molar refractivity (Wildman–Crippen MR) is 88.4 cm³/mol. The molecule has 0 saturated heterocycles. The SMILES string of the molecule is COc1ccccc1C(=O)c1c(C)c(O)c2ccccc2c1O. The molecular formula is C19H16O4. The van der Waals surface area contributed by atoms with E-state index in [1.807, 2.05) is 0 Å². The number of hydrogen-bond donors (Lipinski definition) is 2. The lowest BCUT2D eigenvalue weighted by Gasteiger charge is -2.14. The average molecular weight is 308 g/mol. The van der Waals surface area contributed by atoms with E-state index < -0.39 is 5.78 Å². The fourth-order valence-electron chi connectivity index (χ4n) is 2.77. The summed E-state index contributed by atoms with van der Waals surface area (Å²) in [6, 6.07) is 13.7. The van der Waals surface area contributed by atoms with Crippen molar-refractivity contribution >= 4 is 16.6 Å². The van der Waals surface area contributed by atoms with Gasteiger partial charge in [-0.2, -0.15) is 0 Å². The maximum atomic E-state index is 12.9. The molecule has 0 unspecified atom stereocenters. The third-order valence-electron chi connectivity index (χ3n) is 3.98. The second kappa shape index (κ2) is 5.65. The number of aromatic hydroxyl groups is 2. The molecule has 0 aliphatic rings. The van der Waals surface area contributed by atoms with Gasteiger partial charge in [-0.25, -0.2) is 0 Å².